The van der Waals surface area contributed by atoms with E-state index >= 15 is 0 Å². The van der Waals surface area contributed by atoms with Crippen LogP contribution >= 0.6 is 35.6 Å². The Bertz CT molecular complexity index is 1370. The number of aryl methyl sites for hydroxylation is 1. The number of furan rings is 1. The number of amides is 1. The lowest BCUT2D eigenvalue weighted by Crippen LogP contribution is -2.41. The van der Waals surface area contributed by atoms with Crippen LogP contribution in [0, 0.1) is 11.8 Å². The summed E-state index contributed by atoms with van der Waals surface area (Å²) in [6, 6.07) is 9.21. The van der Waals surface area contributed by atoms with Crippen molar-refractivity contribution in [1.82, 2.24) is 4.90 Å². The predicted molar refractivity (Wildman–Crippen MR) is 157 cm³/mol. The van der Waals surface area contributed by atoms with E-state index in [0.717, 1.165) is 37.5 Å². The number of benzene rings is 1. The Kier molecular flexibility index (Phi) is 9.20. The second kappa shape index (κ2) is 12.7. The third-order valence-electron chi connectivity index (χ3n) is 7.91. The van der Waals surface area contributed by atoms with Gasteiger partial charge in [-0.3, -0.25) is 9.69 Å². The van der Waals surface area contributed by atoms with Gasteiger partial charge in [-0.1, -0.05) is 42.0 Å². The van der Waals surface area contributed by atoms with Gasteiger partial charge in [-0.05, 0) is 79.8 Å². The van der Waals surface area contributed by atoms with Gasteiger partial charge in [-0.25, -0.2) is 9.59 Å². The molecule has 2 heterocycles. The number of fused-ring (bicyclic) bond motifs is 2. The standard InChI is InChI=1S/C29H30ClNO8S2/c1-37-27(35)24(32)25(33)28(36)38-10-2-3-18-13-21(16-6-8-19(30)9-7-16)39-22(18)14-23-26(34)31(29(40)41-23)20-12-15-4-5-17(20)11-15/h6-9,13-15,17,20,24-25,32-33H,2-5,10-12H2,1H3/t15?,17?,20?,24-,25-/m0/s1. The van der Waals surface area contributed by atoms with Gasteiger partial charge in [0.25, 0.3) is 5.91 Å². The number of hydrogen-bond donors (Lipinski definition) is 2. The number of nitrogens with zero attached hydrogens (tertiary/aromatic N) is 1. The minimum atomic E-state index is -2.06. The molecule has 218 valence electrons. The highest BCUT2D eigenvalue weighted by Crippen LogP contribution is 2.49. The maximum absolute atomic E-state index is 13.5. The number of ether oxygens (including phenoxy) is 2. The molecule has 1 aromatic carbocycles. The third kappa shape index (κ3) is 6.39. The summed E-state index contributed by atoms with van der Waals surface area (Å²) in [6.07, 6.45) is 2.93. The van der Waals surface area contributed by atoms with Crippen LogP contribution in [0.2, 0.25) is 5.02 Å². The van der Waals surface area contributed by atoms with Crippen LogP contribution < -0.4 is 0 Å². The lowest BCUT2D eigenvalue weighted by molar-refractivity contribution is -0.171. The van der Waals surface area contributed by atoms with Gasteiger partial charge < -0.3 is 24.1 Å². The number of rotatable bonds is 10. The maximum atomic E-state index is 13.5. The quantitative estimate of drug-likeness (QED) is 0.171. The van der Waals surface area contributed by atoms with Gasteiger partial charge in [0.05, 0.1) is 18.6 Å². The van der Waals surface area contributed by atoms with E-state index in [0.29, 0.717) is 50.4 Å². The fourth-order valence-corrected chi connectivity index (χ4v) is 7.30. The average Bonchev–Trinajstić information content (AvgIpc) is 3.75. The van der Waals surface area contributed by atoms with Crippen LogP contribution in [0.5, 0.6) is 0 Å². The molecule has 2 aromatic rings. The summed E-state index contributed by atoms with van der Waals surface area (Å²) in [5.41, 5.74) is 1.59. The molecule has 12 heteroatoms. The molecule has 3 unspecified atom stereocenters. The topological polar surface area (TPSA) is 127 Å². The van der Waals surface area contributed by atoms with Crippen LogP contribution in [0.1, 0.15) is 43.4 Å². The molecular weight excluding hydrogens is 590 g/mol. The van der Waals surface area contributed by atoms with Crippen molar-refractivity contribution >= 4 is 63.8 Å². The van der Waals surface area contributed by atoms with Crippen LogP contribution in [0.3, 0.4) is 0 Å². The Hall–Kier alpha value is -2.70. The third-order valence-corrected chi connectivity index (χ3v) is 9.49. The van der Waals surface area contributed by atoms with Gasteiger partial charge in [-0.2, -0.15) is 0 Å². The fourth-order valence-electron chi connectivity index (χ4n) is 5.83. The Morgan fingerprint density at radius 2 is 1.93 bits per heavy atom. The van der Waals surface area contributed by atoms with Gasteiger partial charge in [0, 0.05) is 22.7 Å². The number of methoxy groups -OCH3 is 1. The van der Waals surface area contributed by atoms with E-state index in [1.54, 1.807) is 23.1 Å². The van der Waals surface area contributed by atoms with Gasteiger partial charge in [-0.15, -0.1) is 0 Å². The number of carbonyl (C=O) groups excluding carboxylic acids is 3. The normalized spacial score (nSPS) is 24.2. The number of halogens is 1. The first kappa shape index (κ1) is 29.8. The van der Waals surface area contributed by atoms with E-state index in [1.807, 2.05) is 18.2 Å². The Morgan fingerprint density at radius 1 is 1.20 bits per heavy atom. The van der Waals surface area contributed by atoms with E-state index in [-0.39, 0.29) is 18.6 Å². The molecule has 41 heavy (non-hydrogen) atoms. The first-order chi connectivity index (χ1) is 19.7. The largest absolute Gasteiger partial charge is 0.467 e. The monoisotopic (exact) mass is 619 g/mol. The van der Waals surface area contributed by atoms with Crippen molar-refractivity contribution < 1.29 is 38.5 Å². The second-order valence-electron chi connectivity index (χ2n) is 10.5. The maximum Gasteiger partial charge on any atom is 0.338 e. The summed E-state index contributed by atoms with van der Waals surface area (Å²) >= 11 is 13.0. The zero-order valence-electron chi connectivity index (χ0n) is 22.3. The van der Waals surface area contributed by atoms with E-state index in [9.17, 15) is 24.6 Å². The highest BCUT2D eigenvalue weighted by Gasteiger charge is 2.48. The van der Waals surface area contributed by atoms with E-state index in [1.165, 1.54) is 18.2 Å². The van der Waals surface area contributed by atoms with Crippen LogP contribution in [0.15, 0.2) is 39.7 Å². The van der Waals surface area contributed by atoms with Crippen LogP contribution in [-0.2, 0) is 30.3 Å². The molecule has 1 amide bonds. The molecule has 9 nitrogen and oxygen atoms in total. The number of thioether (sulfide) groups is 1. The van der Waals surface area contributed by atoms with E-state index < -0.39 is 24.1 Å². The van der Waals surface area contributed by atoms with Crippen molar-refractivity contribution in [3.05, 3.63) is 51.6 Å². The molecule has 1 aromatic heterocycles. The molecule has 0 spiro atoms. The summed E-state index contributed by atoms with van der Waals surface area (Å²) in [7, 11) is 1.03. The van der Waals surface area contributed by atoms with Crippen molar-refractivity contribution in [2.75, 3.05) is 13.7 Å². The number of esters is 2. The van der Waals surface area contributed by atoms with E-state index in [2.05, 4.69) is 4.74 Å². The highest BCUT2D eigenvalue weighted by atomic mass is 35.5. The number of aliphatic hydroxyl groups is 2. The zero-order valence-corrected chi connectivity index (χ0v) is 24.7. The molecule has 3 fully saturated rings. The highest BCUT2D eigenvalue weighted by molar-refractivity contribution is 8.26. The number of thiocarbonyl (C=S) groups is 1. The van der Waals surface area contributed by atoms with Crippen molar-refractivity contribution in [1.29, 1.82) is 0 Å². The predicted octanol–water partition coefficient (Wildman–Crippen LogP) is 4.36. The van der Waals surface area contributed by atoms with Crippen molar-refractivity contribution in [2.45, 2.75) is 56.8 Å². The molecule has 5 rings (SSSR count). The van der Waals surface area contributed by atoms with Crippen LogP contribution in [0.25, 0.3) is 17.4 Å². The van der Waals surface area contributed by atoms with Gasteiger partial charge >= 0.3 is 11.9 Å². The summed E-state index contributed by atoms with van der Waals surface area (Å²) in [4.78, 5) is 39.2. The molecule has 1 saturated heterocycles. The zero-order chi connectivity index (χ0) is 29.3. The van der Waals surface area contributed by atoms with E-state index in [4.69, 9.17) is 33.0 Å². The van der Waals surface area contributed by atoms with Crippen molar-refractivity contribution in [2.24, 2.45) is 11.8 Å². The molecule has 5 atom stereocenters. The summed E-state index contributed by atoms with van der Waals surface area (Å²) in [5, 5.41) is 20.1. The molecule has 2 aliphatic carbocycles. The molecule has 2 bridgehead atoms. The van der Waals surface area contributed by atoms with Gasteiger partial charge in [0.2, 0.25) is 0 Å². The molecule has 0 radical (unpaired) electrons. The van der Waals surface area contributed by atoms with Gasteiger partial charge in [0.15, 0.2) is 12.2 Å². The number of hydrogen-bond acceptors (Lipinski definition) is 10. The molecule has 2 saturated carbocycles. The number of aliphatic hydroxyl groups excluding tert-OH is 2. The first-order valence-corrected chi connectivity index (χ1v) is 15.0. The summed E-state index contributed by atoms with van der Waals surface area (Å²) in [5.74, 6) is -0.112. The molecule has 2 N–H and O–H groups in total. The first-order valence-electron chi connectivity index (χ1n) is 13.4. The lowest BCUT2D eigenvalue weighted by Gasteiger charge is -2.30. The Morgan fingerprint density at radius 3 is 2.59 bits per heavy atom. The minimum Gasteiger partial charge on any atom is -0.467 e. The average molecular weight is 620 g/mol. The van der Waals surface area contributed by atoms with Crippen molar-refractivity contribution in [3.63, 3.8) is 0 Å². The lowest BCUT2D eigenvalue weighted by atomic mass is 9.94. The minimum absolute atomic E-state index is 0.0863. The van der Waals surface area contributed by atoms with Crippen LogP contribution in [0.4, 0.5) is 0 Å². The number of carbonyl (C=O) groups is 3. The SMILES string of the molecule is COC(=O)[C@@H](O)[C@H](O)C(=O)OCCCc1cc(-c2ccc(Cl)cc2)oc1C=C1SC(=S)N(C2CC3CCC2C3)C1=O. The van der Waals surface area contributed by atoms with Gasteiger partial charge in [0.1, 0.15) is 15.8 Å². The fraction of sp³-hybridized carbons (Fsp3) is 0.448. The van der Waals surface area contributed by atoms with Crippen LogP contribution in [-0.4, -0.2) is 69.2 Å². The van der Waals surface area contributed by atoms with Crippen molar-refractivity contribution in [3.8, 4) is 11.3 Å². The molecule has 3 aliphatic rings. The smallest absolute Gasteiger partial charge is 0.338 e. The summed E-state index contributed by atoms with van der Waals surface area (Å²) < 4.78 is 16.1. The molecule has 1 aliphatic heterocycles. The second-order valence-corrected chi connectivity index (χ2v) is 12.6. The summed E-state index contributed by atoms with van der Waals surface area (Å²) in [6.45, 7) is -0.0863. The molecular formula is C29H30ClNO8S2. The Labute approximate surface area is 251 Å². The Balaban J connectivity index is 1.31.